The van der Waals surface area contributed by atoms with E-state index in [1.165, 1.54) is 17.6 Å². The van der Waals surface area contributed by atoms with Crippen LogP contribution in [0.5, 0.6) is 0 Å². The van der Waals surface area contributed by atoms with Crippen LogP contribution < -0.4 is 5.32 Å². The number of furan rings is 1. The highest BCUT2D eigenvalue weighted by Crippen LogP contribution is 2.60. The van der Waals surface area contributed by atoms with Crippen molar-refractivity contribution >= 4 is 24.1 Å². The van der Waals surface area contributed by atoms with E-state index in [0.29, 0.717) is 10.9 Å². The minimum Gasteiger partial charge on any atom is -0.466 e. The van der Waals surface area contributed by atoms with Crippen LogP contribution in [0.3, 0.4) is 0 Å². The highest BCUT2D eigenvalue weighted by Gasteiger charge is 2.39. The van der Waals surface area contributed by atoms with Crippen LogP contribution in [0, 0.1) is 0 Å². The number of nitrogens with one attached hydrogen (secondary N) is 1. The third kappa shape index (κ3) is 3.49. The molecule has 2 rings (SSSR count). The predicted molar refractivity (Wildman–Crippen MR) is 78.0 cm³/mol. The van der Waals surface area contributed by atoms with Crippen molar-refractivity contribution in [1.29, 1.82) is 0 Å². The molecule has 110 valence electrons. The van der Waals surface area contributed by atoms with Crippen molar-refractivity contribution in [3.05, 3.63) is 35.7 Å². The summed E-state index contributed by atoms with van der Waals surface area (Å²) in [5.74, 6) is -0.228. The van der Waals surface area contributed by atoms with E-state index < -0.39 is 13.4 Å². The van der Waals surface area contributed by atoms with Gasteiger partial charge >= 0.3 is 7.60 Å². The van der Waals surface area contributed by atoms with Gasteiger partial charge in [-0.05, 0) is 26.0 Å². The van der Waals surface area contributed by atoms with E-state index in [4.69, 9.17) is 13.5 Å². The molecule has 20 heavy (non-hydrogen) atoms. The molecule has 8 heteroatoms. The maximum Gasteiger partial charge on any atom is 0.360 e. The molecule has 0 aliphatic heterocycles. The highest BCUT2D eigenvalue weighted by atomic mass is 32.1. The van der Waals surface area contributed by atoms with Crippen molar-refractivity contribution in [2.75, 3.05) is 18.5 Å². The molecule has 6 nitrogen and oxygen atoms in total. The first-order chi connectivity index (χ1) is 9.69. The smallest absolute Gasteiger partial charge is 0.360 e. The van der Waals surface area contributed by atoms with E-state index >= 15 is 0 Å². The van der Waals surface area contributed by atoms with Crippen LogP contribution >= 0.6 is 18.9 Å². The average molecular weight is 316 g/mol. The summed E-state index contributed by atoms with van der Waals surface area (Å²) in [5, 5.41) is 5.53. The second-order valence-corrected chi connectivity index (χ2v) is 6.78. The maximum absolute atomic E-state index is 12.9. The van der Waals surface area contributed by atoms with Gasteiger partial charge < -0.3 is 18.8 Å². The molecule has 0 fully saturated rings. The zero-order valence-corrected chi connectivity index (χ0v) is 13.0. The van der Waals surface area contributed by atoms with Crippen molar-refractivity contribution in [3.63, 3.8) is 0 Å². The molecule has 0 saturated heterocycles. The van der Waals surface area contributed by atoms with E-state index in [0.717, 1.165) is 0 Å². The Morgan fingerprint density at radius 3 is 2.70 bits per heavy atom. The molecule has 1 atom stereocenters. The molecule has 0 aliphatic carbocycles. The fourth-order valence-electron chi connectivity index (χ4n) is 1.71. The van der Waals surface area contributed by atoms with Gasteiger partial charge in [0, 0.05) is 11.6 Å². The van der Waals surface area contributed by atoms with Gasteiger partial charge in [-0.25, -0.2) is 4.98 Å². The predicted octanol–water partition coefficient (Wildman–Crippen LogP) is 4.11. The second-order valence-electron chi connectivity index (χ2n) is 3.77. The van der Waals surface area contributed by atoms with Gasteiger partial charge in [-0.1, -0.05) is 0 Å². The molecule has 2 heterocycles. The van der Waals surface area contributed by atoms with Gasteiger partial charge in [-0.2, -0.15) is 0 Å². The number of hydrogen-bond acceptors (Lipinski definition) is 7. The summed E-state index contributed by atoms with van der Waals surface area (Å²) in [5.41, 5.74) is 0. The first-order valence-electron chi connectivity index (χ1n) is 6.27. The minimum atomic E-state index is -3.40. The summed E-state index contributed by atoms with van der Waals surface area (Å²) in [6.07, 6.45) is 3.19. The normalized spacial score (nSPS) is 13.3. The molecule has 0 saturated carbocycles. The summed E-state index contributed by atoms with van der Waals surface area (Å²) in [6, 6.07) is 3.46. The average Bonchev–Trinajstić information content (AvgIpc) is 3.10. The van der Waals surface area contributed by atoms with E-state index in [1.807, 2.05) is 5.38 Å². The summed E-state index contributed by atoms with van der Waals surface area (Å²) < 4.78 is 29.1. The summed E-state index contributed by atoms with van der Waals surface area (Å²) >= 11 is 1.40. The molecule has 0 spiro atoms. The maximum atomic E-state index is 12.9. The van der Waals surface area contributed by atoms with Crippen molar-refractivity contribution < 1.29 is 18.0 Å². The molecule has 2 aromatic heterocycles. The van der Waals surface area contributed by atoms with Crippen LogP contribution in [0.25, 0.3) is 0 Å². The van der Waals surface area contributed by atoms with Gasteiger partial charge in [0.15, 0.2) is 10.9 Å². The lowest BCUT2D eigenvalue weighted by atomic mass is 10.4. The number of thiazole rings is 1. The fraction of sp³-hybridized carbons (Fsp3) is 0.417. The number of nitrogens with zero attached hydrogens (tertiary/aromatic N) is 1. The monoisotopic (exact) mass is 316 g/mol. The number of anilines is 1. The SMILES string of the molecule is CCOP(=O)(OCC)C(Nc1nccs1)c1ccco1. The van der Waals surface area contributed by atoms with E-state index in [-0.39, 0.29) is 13.2 Å². The van der Waals surface area contributed by atoms with E-state index in [1.54, 1.807) is 32.2 Å². The minimum absolute atomic E-state index is 0.286. The molecule has 2 aromatic rings. The Labute approximate surface area is 121 Å². The zero-order valence-electron chi connectivity index (χ0n) is 11.3. The molecule has 0 aromatic carbocycles. The first kappa shape index (κ1) is 15.3. The van der Waals surface area contributed by atoms with Gasteiger partial charge in [-0.15, -0.1) is 11.3 Å². The summed E-state index contributed by atoms with van der Waals surface area (Å²) in [4.78, 5) is 4.13. The van der Waals surface area contributed by atoms with Crippen molar-refractivity contribution in [1.82, 2.24) is 4.98 Å². The molecule has 0 amide bonds. The van der Waals surface area contributed by atoms with Crippen LogP contribution in [0.2, 0.25) is 0 Å². The Kier molecular flexibility index (Phi) is 5.37. The van der Waals surface area contributed by atoms with Crippen molar-refractivity contribution in [2.45, 2.75) is 19.6 Å². The lowest BCUT2D eigenvalue weighted by Crippen LogP contribution is -2.14. The number of rotatable bonds is 8. The number of aromatic nitrogens is 1. The van der Waals surface area contributed by atoms with Gasteiger partial charge in [0.2, 0.25) is 0 Å². The molecular formula is C12H17N2O4PS. The van der Waals surface area contributed by atoms with Gasteiger partial charge in [0.05, 0.1) is 19.5 Å². The molecular weight excluding hydrogens is 299 g/mol. The van der Waals surface area contributed by atoms with Crippen molar-refractivity contribution in [2.24, 2.45) is 0 Å². The van der Waals surface area contributed by atoms with E-state index in [9.17, 15) is 4.57 Å². The highest BCUT2D eigenvalue weighted by molar-refractivity contribution is 7.54. The van der Waals surface area contributed by atoms with Crippen LogP contribution in [-0.4, -0.2) is 18.2 Å². The topological polar surface area (TPSA) is 73.6 Å². The fourth-order valence-corrected chi connectivity index (χ4v) is 4.19. The molecule has 1 N–H and O–H groups in total. The van der Waals surface area contributed by atoms with Crippen LogP contribution in [0.1, 0.15) is 25.4 Å². The Hall–Kier alpha value is -1.14. The van der Waals surface area contributed by atoms with Gasteiger partial charge in [0.1, 0.15) is 5.76 Å². The Balaban J connectivity index is 2.31. The Bertz CT molecular complexity index is 534. The zero-order chi connectivity index (χ0) is 14.4. The Morgan fingerprint density at radius 1 is 1.45 bits per heavy atom. The molecule has 0 aliphatic rings. The van der Waals surface area contributed by atoms with Gasteiger partial charge in [0.25, 0.3) is 0 Å². The van der Waals surface area contributed by atoms with Crippen LogP contribution in [0.15, 0.2) is 34.4 Å². The standard InChI is InChI=1S/C12H17N2O4PS/c1-3-17-19(15,18-4-2)11(10-6-5-8-16-10)14-12-13-7-9-20-12/h5-9,11H,3-4H2,1-2H3,(H,13,14). The number of hydrogen-bond donors (Lipinski definition) is 1. The lowest BCUT2D eigenvalue weighted by molar-refractivity contribution is 0.211. The second kappa shape index (κ2) is 7.04. The van der Waals surface area contributed by atoms with Gasteiger partial charge in [-0.3, -0.25) is 4.57 Å². The first-order valence-corrected chi connectivity index (χ1v) is 8.77. The quantitative estimate of drug-likeness (QED) is 0.739. The summed E-state index contributed by atoms with van der Waals surface area (Å²) in [7, 11) is -3.40. The van der Waals surface area contributed by atoms with Crippen LogP contribution in [0.4, 0.5) is 5.13 Å². The Morgan fingerprint density at radius 2 is 2.20 bits per heavy atom. The lowest BCUT2D eigenvalue weighted by Gasteiger charge is -2.25. The molecule has 0 bridgehead atoms. The van der Waals surface area contributed by atoms with Crippen LogP contribution in [-0.2, 0) is 13.6 Å². The summed E-state index contributed by atoms with van der Waals surface area (Å²) in [6.45, 7) is 4.12. The largest absolute Gasteiger partial charge is 0.466 e. The third-order valence-electron chi connectivity index (χ3n) is 2.44. The molecule has 1 unspecified atom stereocenters. The molecule has 0 radical (unpaired) electrons. The third-order valence-corrected chi connectivity index (χ3v) is 5.40. The van der Waals surface area contributed by atoms with E-state index in [2.05, 4.69) is 10.3 Å². The van der Waals surface area contributed by atoms with Crippen molar-refractivity contribution in [3.8, 4) is 0 Å².